The van der Waals surface area contributed by atoms with Gasteiger partial charge in [-0.25, -0.2) is 0 Å². The third-order valence-corrected chi connectivity index (χ3v) is 4.53. The first-order valence-corrected chi connectivity index (χ1v) is 6.77. The highest BCUT2D eigenvalue weighted by Gasteiger charge is 2.57. The molecule has 0 saturated carbocycles. The van der Waals surface area contributed by atoms with E-state index in [4.69, 9.17) is 5.41 Å². The van der Waals surface area contributed by atoms with Crippen LogP contribution < -0.4 is 5.32 Å². The molecule has 2 N–H and O–H groups in total. The molecule has 1 aliphatic carbocycles. The summed E-state index contributed by atoms with van der Waals surface area (Å²) in [5.41, 5.74) is 4.03. The zero-order valence-corrected chi connectivity index (χ0v) is 10.6. The first-order chi connectivity index (χ1) is 9.34. The molecule has 2 aromatic carbocycles. The number of hydrogen-bond acceptors (Lipinski definition) is 2. The van der Waals surface area contributed by atoms with Crippen molar-refractivity contribution < 1.29 is 0 Å². The van der Waals surface area contributed by atoms with E-state index in [1.165, 1.54) is 16.7 Å². The Hall–Kier alpha value is -1.93. The van der Waals surface area contributed by atoms with Gasteiger partial charge in [0.1, 0.15) is 0 Å². The van der Waals surface area contributed by atoms with Crippen molar-refractivity contribution in [3.8, 4) is 0 Å². The Morgan fingerprint density at radius 2 is 1.68 bits per heavy atom. The van der Waals surface area contributed by atoms with Gasteiger partial charge >= 0.3 is 0 Å². The van der Waals surface area contributed by atoms with Crippen molar-refractivity contribution in [2.24, 2.45) is 0 Å². The third-order valence-electron chi connectivity index (χ3n) is 4.53. The molecule has 2 heteroatoms. The third kappa shape index (κ3) is 1.50. The Bertz CT molecular complexity index is 635. The Morgan fingerprint density at radius 1 is 1.00 bits per heavy atom. The summed E-state index contributed by atoms with van der Waals surface area (Å²) in [7, 11) is 0. The maximum atomic E-state index is 7.74. The monoisotopic (exact) mass is 248 g/mol. The summed E-state index contributed by atoms with van der Waals surface area (Å²) in [4.78, 5) is 0. The van der Waals surface area contributed by atoms with Gasteiger partial charge < -0.3 is 5.41 Å². The lowest BCUT2D eigenvalue weighted by molar-refractivity contribution is 0.605. The Morgan fingerprint density at radius 3 is 2.42 bits per heavy atom. The summed E-state index contributed by atoms with van der Waals surface area (Å²) >= 11 is 0. The van der Waals surface area contributed by atoms with Gasteiger partial charge in [0, 0.05) is 12.1 Å². The lowest BCUT2D eigenvalue weighted by Crippen LogP contribution is -2.25. The summed E-state index contributed by atoms with van der Waals surface area (Å²) in [6.45, 7) is 0. The summed E-state index contributed by atoms with van der Waals surface area (Å²) in [6, 6.07) is 19.7. The number of benzene rings is 2. The zero-order valence-electron chi connectivity index (χ0n) is 10.6. The fourth-order valence-electron chi connectivity index (χ4n) is 3.46. The fraction of sp³-hybridized carbons (Fsp3) is 0.235. The van der Waals surface area contributed by atoms with E-state index in [1.807, 2.05) is 0 Å². The van der Waals surface area contributed by atoms with Gasteiger partial charge in [-0.1, -0.05) is 54.6 Å². The molecule has 2 aliphatic rings. The number of hydrogen-bond donors (Lipinski definition) is 2. The topological polar surface area (TPSA) is 45.8 Å². The molecular weight excluding hydrogens is 232 g/mol. The normalized spacial score (nSPS) is 31.2. The van der Waals surface area contributed by atoms with Gasteiger partial charge in [0.25, 0.3) is 0 Å². The minimum absolute atomic E-state index is 0.102. The lowest BCUT2D eigenvalue weighted by atomic mass is 9.74. The quantitative estimate of drug-likeness (QED) is 0.622. The SMILES string of the molecule is N=CC12CC(c3ccccc3)c3ccccc3C1N2. The highest BCUT2D eigenvalue weighted by Crippen LogP contribution is 2.53. The minimum Gasteiger partial charge on any atom is -0.311 e. The minimum atomic E-state index is -0.102. The van der Waals surface area contributed by atoms with Gasteiger partial charge in [0.05, 0.1) is 11.6 Å². The molecule has 2 aromatic rings. The molecule has 4 rings (SSSR count). The summed E-state index contributed by atoms with van der Waals surface area (Å²) in [5.74, 6) is 0.394. The first-order valence-electron chi connectivity index (χ1n) is 6.77. The van der Waals surface area contributed by atoms with Crippen LogP contribution in [0.5, 0.6) is 0 Å². The largest absolute Gasteiger partial charge is 0.311 e. The molecule has 1 fully saturated rings. The second-order valence-corrected chi connectivity index (χ2v) is 5.56. The molecule has 0 bridgehead atoms. The van der Waals surface area contributed by atoms with E-state index in [9.17, 15) is 0 Å². The van der Waals surface area contributed by atoms with Gasteiger partial charge in [0.15, 0.2) is 0 Å². The second kappa shape index (κ2) is 3.78. The Balaban J connectivity index is 1.87. The van der Waals surface area contributed by atoms with Crippen LogP contribution in [-0.4, -0.2) is 11.8 Å². The molecule has 0 amide bonds. The predicted octanol–water partition coefficient (Wildman–Crippen LogP) is 3.25. The zero-order chi connectivity index (χ0) is 12.9. The summed E-state index contributed by atoms with van der Waals surface area (Å²) in [6.07, 6.45) is 2.59. The van der Waals surface area contributed by atoms with Crippen molar-refractivity contribution in [1.29, 1.82) is 5.41 Å². The van der Waals surface area contributed by atoms with E-state index in [-0.39, 0.29) is 5.54 Å². The molecule has 1 aliphatic heterocycles. The average Bonchev–Trinajstić information content (AvgIpc) is 3.23. The van der Waals surface area contributed by atoms with Crippen molar-refractivity contribution >= 4 is 6.21 Å². The molecule has 3 atom stereocenters. The molecule has 0 spiro atoms. The van der Waals surface area contributed by atoms with E-state index in [0.29, 0.717) is 12.0 Å². The van der Waals surface area contributed by atoms with E-state index in [0.717, 1.165) is 6.42 Å². The van der Waals surface area contributed by atoms with Gasteiger partial charge in [-0.05, 0) is 23.1 Å². The van der Waals surface area contributed by atoms with E-state index < -0.39 is 0 Å². The molecule has 94 valence electrons. The molecule has 1 saturated heterocycles. The Kier molecular flexibility index (Phi) is 2.18. The van der Waals surface area contributed by atoms with Crippen molar-refractivity contribution in [3.05, 3.63) is 71.3 Å². The van der Waals surface area contributed by atoms with Crippen molar-refractivity contribution in [2.75, 3.05) is 0 Å². The maximum Gasteiger partial charge on any atom is 0.0743 e. The van der Waals surface area contributed by atoms with Gasteiger partial charge in [-0.2, -0.15) is 0 Å². The lowest BCUT2D eigenvalue weighted by Gasteiger charge is -2.28. The molecule has 19 heavy (non-hydrogen) atoms. The predicted molar refractivity (Wildman–Crippen MR) is 76.7 cm³/mol. The van der Waals surface area contributed by atoms with Gasteiger partial charge in [0.2, 0.25) is 0 Å². The van der Waals surface area contributed by atoms with Crippen LogP contribution in [0.15, 0.2) is 54.6 Å². The standard InChI is InChI=1S/C17H16N2/c18-11-17-10-15(12-6-2-1-3-7-12)13-8-4-5-9-14(13)16(17)19-17/h1-9,11,15-16,18-19H,10H2. The van der Waals surface area contributed by atoms with E-state index in [1.54, 1.807) is 6.21 Å². The van der Waals surface area contributed by atoms with Gasteiger partial charge in [-0.3, -0.25) is 5.32 Å². The van der Waals surface area contributed by atoms with Crippen molar-refractivity contribution in [3.63, 3.8) is 0 Å². The van der Waals surface area contributed by atoms with Crippen LogP contribution in [0, 0.1) is 5.41 Å². The number of nitrogens with one attached hydrogen (secondary N) is 2. The number of rotatable bonds is 2. The molecule has 0 aromatic heterocycles. The van der Waals surface area contributed by atoms with Crippen LogP contribution in [-0.2, 0) is 0 Å². The first kappa shape index (κ1) is 10.9. The van der Waals surface area contributed by atoms with Crippen molar-refractivity contribution in [2.45, 2.75) is 23.9 Å². The molecule has 2 nitrogen and oxygen atoms in total. The highest BCUT2D eigenvalue weighted by atomic mass is 15.2. The van der Waals surface area contributed by atoms with Crippen LogP contribution in [0.1, 0.15) is 35.1 Å². The van der Waals surface area contributed by atoms with Crippen LogP contribution in [0.4, 0.5) is 0 Å². The van der Waals surface area contributed by atoms with Crippen LogP contribution in [0.25, 0.3) is 0 Å². The van der Waals surface area contributed by atoms with Crippen LogP contribution in [0.2, 0.25) is 0 Å². The van der Waals surface area contributed by atoms with Gasteiger partial charge in [-0.15, -0.1) is 0 Å². The summed E-state index contributed by atoms with van der Waals surface area (Å²) < 4.78 is 0. The van der Waals surface area contributed by atoms with E-state index >= 15 is 0 Å². The summed E-state index contributed by atoms with van der Waals surface area (Å²) in [5, 5.41) is 11.2. The second-order valence-electron chi connectivity index (χ2n) is 5.56. The molecule has 3 unspecified atom stereocenters. The Labute approximate surface area is 113 Å². The van der Waals surface area contributed by atoms with Crippen molar-refractivity contribution in [1.82, 2.24) is 5.32 Å². The van der Waals surface area contributed by atoms with Crippen LogP contribution in [0.3, 0.4) is 0 Å². The fourth-order valence-corrected chi connectivity index (χ4v) is 3.46. The van der Waals surface area contributed by atoms with E-state index in [2.05, 4.69) is 59.9 Å². The molecule has 0 radical (unpaired) electrons. The molecule has 1 heterocycles. The highest BCUT2D eigenvalue weighted by molar-refractivity contribution is 5.77. The molecular formula is C17H16N2. The maximum absolute atomic E-state index is 7.74. The average molecular weight is 248 g/mol. The number of fused-ring (bicyclic) bond motifs is 3. The van der Waals surface area contributed by atoms with Crippen LogP contribution >= 0.6 is 0 Å². The smallest absolute Gasteiger partial charge is 0.0743 e.